The number of hydrogen-bond donors (Lipinski definition) is 2. The normalized spacial score (nSPS) is 13.7. The van der Waals surface area contributed by atoms with Crippen LogP contribution in [-0.2, 0) is 0 Å². The number of benzene rings is 1. The minimum absolute atomic E-state index is 0.0856. The van der Waals surface area contributed by atoms with Gasteiger partial charge in [0, 0.05) is 12.1 Å². The molecule has 0 radical (unpaired) electrons. The lowest BCUT2D eigenvalue weighted by atomic mass is 10.0. The lowest BCUT2D eigenvalue weighted by molar-refractivity contribution is 0.0938. The van der Waals surface area contributed by atoms with Crippen molar-refractivity contribution < 1.29 is 14.6 Å². The van der Waals surface area contributed by atoms with E-state index in [1.807, 2.05) is 19.9 Å². The topological polar surface area (TPSA) is 58.6 Å². The van der Waals surface area contributed by atoms with Crippen LogP contribution in [0.25, 0.3) is 0 Å². The summed E-state index contributed by atoms with van der Waals surface area (Å²) in [7, 11) is 1.60. The Bertz CT molecular complexity index is 429. The van der Waals surface area contributed by atoms with Crippen LogP contribution in [0.4, 0.5) is 0 Å². The van der Waals surface area contributed by atoms with Crippen LogP contribution in [0, 0.1) is 12.8 Å². The molecule has 1 amide bonds. The number of ether oxygens (including phenoxy) is 1. The predicted molar refractivity (Wildman–Crippen MR) is 75.5 cm³/mol. The van der Waals surface area contributed by atoms with Gasteiger partial charge in [-0.05, 0) is 49.9 Å². The molecule has 0 heterocycles. The van der Waals surface area contributed by atoms with Gasteiger partial charge < -0.3 is 15.2 Å². The summed E-state index contributed by atoms with van der Waals surface area (Å²) >= 11 is 0. The van der Waals surface area contributed by atoms with Crippen molar-refractivity contribution in [2.75, 3.05) is 13.7 Å². The lowest BCUT2D eigenvalue weighted by Crippen LogP contribution is -2.30. The summed E-state index contributed by atoms with van der Waals surface area (Å²) in [5.74, 6) is 0.914. The van der Waals surface area contributed by atoms with E-state index in [2.05, 4.69) is 5.32 Å². The van der Waals surface area contributed by atoms with Crippen molar-refractivity contribution in [1.82, 2.24) is 5.32 Å². The number of methoxy groups -OCH3 is 1. The smallest absolute Gasteiger partial charge is 0.251 e. The maximum absolute atomic E-state index is 12.0. The average Bonchev–Trinajstić information content (AvgIpc) is 2.35. The summed E-state index contributed by atoms with van der Waals surface area (Å²) < 4.78 is 5.11. The van der Waals surface area contributed by atoms with Crippen molar-refractivity contribution in [1.29, 1.82) is 0 Å². The summed E-state index contributed by atoms with van der Waals surface area (Å²) in [5.41, 5.74) is 1.55. The monoisotopic (exact) mass is 265 g/mol. The summed E-state index contributed by atoms with van der Waals surface area (Å²) in [6, 6.07) is 5.39. The highest BCUT2D eigenvalue weighted by Crippen LogP contribution is 2.16. The van der Waals surface area contributed by atoms with Gasteiger partial charge in [-0.1, -0.05) is 6.92 Å². The van der Waals surface area contributed by atoms with E-state index in [0.29, 0.717) is 18.5 Å². The maximum Gasteiger partial charge on any atom is 0.251 e. The third-order valence-corrected chi connectivity index (χ3v) is 3.03. The largest absolute Gasteiger partial charge is 0.497 e. The minimum atomic E-state index is -0.338. The van der Waals surface area contributed by atoms with Crippen molar-refractivity contribution >= 4 is 5.91 Å². The summed E-state index contributed by atoms with van der Waals surface area (Å²) in [6.07, 6.45) is 0.344. The molecule has 2 atom stereocenters. The zero-order chi connectivity index (χ0) is 14.4. The van der Waals surface area contributed by atoms with Crippen LogP contribution in [0.15, 0.2) is 18.2 Å². The highest BCUT2D eigenvalue weighted by molar-refractivity contribution is 5.95. The molecule has 0 bridgehead atoms. The molecule has 0 aliphatic rings. The Kier molecular flexibility index (Phi) is 5.83. The van der Waals surface area contributed by atoms with Crippen LogP contribution < -0.4 is 10.1 Å². The molecule has 2 N–H and O–H groups in total. The summed E-state index contributed by atoms with van der Waals surface area (Å²) in [5, 5.41) is 12.2. The molecule has 4 heteroatoms. The first-order valence-electron chi connectivity index (χ1n) is 6.55. The van der Waals surface area contributed by atoms with Gasteiger partial charge in [0.25, 0.3) is 5.91 Å². The van der Waals surface area contributed by atoms with Gasteiger partial charge in [0.15, 0.2) is 0 Å². The summed E-state index contributed by atoms with van der Waals surface area (Å²) in [4.78, 5) is 12.0. The molecule has 1 aromatic rings. The van der Waals surface area contributed by atoms with Gasteiger partial charge in [-0.3, -0.25) is 4.79 Å². The second-order valence-electron chi connectivity index (χ2n) is 5.08. The molecule has 0 aromatic heterocycles. The van der Waals surface area contributed by atoms with Crippen molar-refractivity contribution in [3.05, 3.63) is 29.3 Å². The number of aryl methyl sites for hydroxylation is 1. The zero-order valence-electron chi connectivity index (χ0n) is 12.1. The Hall–Kier alpha value is -1.55. The van der Waals surface area contributed by atoms with E-state index in [1.165, 1.54) is 0 Å². The third-order valence-electron chi connectivity index (χ3n) is 3.03. The molecule has 4 nitrogen and oxygen atoms in total. The van der Waals surface area contributed by atoms with Gasteiger partial charge in [-0.2, -0.15) is 0 Å². The number of carbonyl (C=O) groups excluding carboxylic acids is 1. The molecule has 0 fully saturated rings. The first kappa shape index (κ1) is 15.5. The molecule has 2 unspecified atom stereocenters. The minimum Gasteiger partial charge on any atom is -0.497 e. The molecule has 0 saturated heterocycles. The van der Waals surface area contributed by atoms with Gasteiger partial charge in [0.2, 0.25) is 0 Å². The number of carbonyl (C=O) groups is 1. The van der Waals surface area contributed by atoms with E-state index in [1.54, 1.807) is 26.2 Å². The fourth-order valence-corrected chi connectivity index (χ4v) is 2.05. The molecule has 1 aromatic carbocycles. The van der Waals surface area contributed by atoms with Gasteiger partial charge in [0.05, 0.1) is 13.2 Å². The Labute approximate surface area is 114 Å². The number of nitrogens with one attached hydrogen (secondary N) is 1. The molecule has 1 rings (SSSR count). The Morgan fingerprint density at radius 1 is 1.42 bits per heavy atom. The average molecular weight is 265 g/mol. The highest BCUT2D eigenvalue weighted by atomic mass is 16.5. The predicted octanol–water partition coefficient (Wildman–Crippen LogP) is 2.14. The van der Waals surface area contributed by atoms with E-state index in [9.17, 15) is 9.90 Å². The number of aliphatic hydroxyl groups excluding tert-OH is 1. The van der Waals surface area contributed by atoms with E-state index >= 15 is 0 Å². The first-order chi connectivity index (χ1) is 8.93. The highest BCUT2D eigenvalue weighted by Gasteiger charge is 2.12. The van der Waals surface area contributed by atoms with Crippen LogP contribution in [0.5, 0.6) is 5.75 Å². The van der Waals surface area contributed by atoms with E-state index < -0.39 is 0 Å². The third kappa shape index (κ3) is 4.91. The molecular formula is C15H23NO3. The van der Waals surface area contributed by atoms with Crippen LogP contribution in [0.1, 0.15) is 36.2 Å². The number of aliphatic hydroxyl groups is 1. The number of hydrogen-bond acceptors (Lipinski definition) is 3. The lowest BCUT2D eigenvalue weighted by Gasteiger charge is -2.15. The van der Waals surface area contributed by atoms with Crippen LogP contribution in [0.3, 0.4) is 0 Å². The van der Waals surface area contributed by atoms with Crippen molar-refractivity contribution in [3.8, 4) is 5.75 Å². The zero-order valence-corrected chi connectivity index (χ0v) is 12.1. The first-order valence-corrected chi connectivity index (χ1v) is 6.55. The Morgan fingerprint density at radius 2 is 2.11 bits per heavy atom. The van der Waals surface area contributed by atoms with E-state index in [-0.39, 0.29) is 17.9 Å². The maximum atomic E-state index is 12.0. The molecule has 0 aliphatic carbocycles. The second kappa shape index (κ2) is 7.14. The molecule has 0 saturated carbocycles. The van der Waals surface area contributed by atoms with Crippen molar-refractivity contribution in [3.63, 3.8) is 0 Å². The molecular weight excluding hydrogens is 242 g/mol. The Morgan fingerprint density at radius 3 is 2.63 bits per heavy atom. The molecule has 19 heavy (non-hydrogen) atoms. The standard InChI is InChI=1S/C15H23NO3/c1-10(7-12(3)17)9-16-15(18)14-6-5-13(19-4)8-11(14)2/h5-6,8,10,12,17H,7,9H2,1-4H3,(H,16,18). The second-order valence-corrected chi connectivity index (χ2v) is 5.08. The van der Waals surface area contributed by atoms with Gasteiger partial charge in [0.1, 0.15) is 5.75 Å². The summed E-state index contributed by atoms with van der Waals surface area (Å²) in [6.45, 7) is 6.21. The fourth-order valence-electron chi connectivity index (χ4n) is 2.05. The van der Waals surface area contributed by atoms with Gasteiger partial charge >= 0.3 is 0 Å². The van der Waals surface area contributed by atoms with Crippen molar-refractivity contribution in [2.24, 2.45) is 5.92 Å². The molecule has 106 valence electrons. The number of rotatable bonds is 6. The van der Waals surface area contributed by atoms with Crippen LogP contribution in [0.2, 0.25) is 0 Å². The van der Waals surface area contributed by atoms with E-state index in [4.69, 9.17) is 4.74 Å². The quantitative estimate of drug-likeness (QED) is 0.828. The molecule has 0 spiro atoms. The van der Waals surface area contributed by atoms with Crippen molar-refractivity contribution in [2.45, 2.75) is 33.3 Å². The van der Waals surface area contributed by atoms with Crippen LogP contribution >= 0.6 is 0 Å². The SMILES string of the molecule is COc1ccc(C(=O)NCC(C)CC(C)O)c(C)c1. The van der Waals surface area contributed by atoms with E-state index in [0.717, 1.165) is 11.3 Å². The Balaban J connectivity index is 2.58. The fraction of sp³-hybridized carbons (Fsp3) is 0.533. The van der Waals surface area contributed by atoms with Gasteiger partial charge in [-0.15, -0.1) is 0 Å². The van der Waals surface area contributed by atoms with Gasteiger partial charge in [-0.25, -0.2) is 0 Å². The van der Waals surface area contributed by atoms with Crippen LogP contribution in [-0.4, -0.2) is 30.8 Å². The molecule has 0 aliphatic heterocycles. The number of amides is 1.